The van der Waals surface area contributed by atoms with Gasteiger partial charge in [0.05, 0.1) is 23.1 Å². The molecular formula is C29H27ClN6O2S. The third-order valence-electron chi connectivity index (χ3n) is 7.78. The molecule has 4 N–H and O–H groups in total. The summed E-state index contributed by atoms with van der Waals surface area (Å²) in [7, 11) is 0. The molecule has 0 radical (unpaired) electrons. The van der Waals surface area contributed by atoms with E-state index in [1.165, 1.54) is 35.2 Å². The molecule has 198 valence electrons. The topological polar surface area (TPSA) is 117 Å². The highest BCUT2D eigenvalue weighted by molar-refractivity contribution is 7.99. The lowest BCUT2D eigenvalue weighted by atomic mass is 9.73. The summed E-state index contributed by atoms with van der Waals surface area (Å²) >= 11 is 7.96. The summed E-state index contributed by atoms with van der Waals surface area (Å²) in [4.78, 5) is 39.3. The van der Waals surface area contributed by atoms with E-state index in [0.717, 1.165) is 38.2 Å². The van der Waals surface area contributed by atoms with Crippen LogP contribution >= 0.6 is 23.4 Å². The SMILES string of the molecule is N[C@@H]1c2ccccc2CC12CCN(c1cnc(Sc3cccc(NC(=O)c4ccc[nH]c4=O)c3Cl)cn1)CC2. The first-order chi connectivity index (χ1) is 18.9. The number of rotatable bonds is 5. The zero-order valence-electron chi connectivity index (χ0n) is 21.1. The summed E-state index contributed by atoms with van der Waals surface area (Å²) in [6.45, 7) is 1.78. The van der Waals surface area contributed by atoms with Gasteiger partial charge in [0.2, 0.25) is 0 Å². The van der Waals surface area contributed by atoms with Gasteiger partial charge >= 0.3 is 0 Å². The van der Waals surface area contributed by atoms with E-state index in [1.807, 2.05) is 6.07 Å². The highest BCUT2D eigenvalue weighted by atomic mass is 35.5. The molecule has 8 nitrogen and oxygen atoms in total. The van der Waals surface area contributed by atoms with Gasteiger partial charge in [0.15, 0.2) is 0 Å². The molecule has 1 amide bonds. The Bertz CT molecular complexity index is 1580. The number of aromatic nitrogens is 3. The van der Waals surface area contributed by atoms with E-state index in [1.54, 1.807) is 30.6 Å². The number of H-pyrrole nitrogens is 1. The molecule has 1 saturated heterocycles. The molecule has 4 aromatic rings. The molecule has 1 fully saturated rings. The van der Waals surface area contributed by atoms with Crippen LogP contribution in [0.3, 0.4) is 0 Å². The quantitative estimate of drug-likeness (QED) is 0.313. The number of carbonyl (C=O) groups excluding carboxylic acids is 1. The van der Waals surface area contributed by atoms with Crippen molar-refractivity contribution < 1.29 is 4.79 Å². The number of nitrogens with one attached hydrogen (secondary N) is 2. The van der Waals surface area contributed by atoms with Gasteiger partial charge in [-0.1, -0.05) is 53.7 Å². The van der Waals surface area contributed by atoms with Crippen LogP contribution < -0.4 is 21.5 Å². The number of pyridine rings is 1. The number of benzene rings is 2. The summed E-state index contributed by atoms with van der Waals surface area (Å²) in [5, 5.41) is 3.77. The van der Waals surface area contributed by atoms with Gasteiger partial charge in [0, 0.05) is 30.2 Å². The maximum absolute atomic E-state index is 12.6. The lowest BCUT2D eigenvalue weighted by Gasteiger charge is -2.42. The number of hydrogen-bond acceptors (Lipinski definition) is 7. The first kappa shape index (κ1) is 25.6. The highest BCUT2D eigenvalue weighted by Gasteiger charge is 2.45. The summed E-state index contributed by atoms with van der Waals surface area (Å²) in [5.74, 6) is 0.314. The number of fused-ring (bicyclic) bond motifs is 1. The molecule has 1 aliphatic carbocycles. The van der Waals surface area contributed by atoms with Crippen LogP contribution in [0, 0.1) is 5.41 Å². The molecule has 1 aliphatic heterocycles. The van der Waals surface area contributed by atoms with Crippen molar-refractivity contribution in [3.05, 3.63) is 105 Å². The number of halogens is 1. The van der Waals surface area contributed by atoms with Crippen molar-refractivity contribution in [2.75, 3.05) is 23.3 Å². The van der Waals surface area contributed by atoms with E-state index in [2.05, 4.69) is 49.4 Å². The average Bonchev–Trinajstić information content (AvgIpc) is 3.22. The van der Waals surface area contributed by atoms with E-state index in [9.17, 15) is 9.59 Å². The minimum atomic E-state index is -0.532. The zero-order chi connectivity index (χ0) is 27.0. The molecule has 0 unspecified atom stereocenters. The fraction of sp³-hybridized carbons (Fsp3) is 0.241. The van der Waals surface area contributed by atoms with Crippen LogP contribution in [0.15, 0.2) is 87.9 Å². The summed E-state index contributed by atoms with van der Waals surface area (Å²) in [5.41, 5.74) is 9.48. The van der Waals surface area contributed by atoms with E-state index >= 15 is 0 Å². The van der Waals surface area contributed by atoms with Gasteiger partial charge in [-0.05, 0) is 60.1 Å². The predicted molar refractivity (Wildman–Crippen MR) is 154 cm³/mol. The van der Waals surface area contributed by atoms with Crippen molar-refractivity contribution >= 4 is 40.8 Å². The lowest BCUT2D eigenvalue weighted by Crippen LogP contribution is -2.44. The average molecular weight is 559 g/mol. The summed E-state index contributed by atoms with van der Waals surface area (Å²) < 4.78 is 0. The third kappa shape index (κ3) is 4.93. The van der Waals surface area contributed by atoms with E-state index < -0.39 is 11.5 Å². The molecular weight excluding hydrogens is 532 g/mol. The minimum Gasteiger partial charge on any atom is -0.355 e. The van der Waals surface area contributed by atoms with Crippen molar-refractivity contribution in [2.45, 2.75) is 35.2 Å². The Balaban J connectivity index is 1.10. The number of anilines is 2. The molecule has 0 bridgehead atoms. The van der Waals surface area contributed by atoms with Gasteiger partial charge in [-0.15, -0.1) is 0 Å². The Kier molecular flexibility index (Phi) is 6.88. The molecule has 1 atom stereocenters. The second kappa shape index (κ2) is 10.5. The molecule has 3 heterocycles. The van der Waals surface area contributed by atoms with Crippen molar-refractivity contribution in [2.24, 2.45) is 11.1 Å². The largest absolute Gasteiger partial charge is 0.355 e. The standard InChI is InChI=1S/C29H27ClN6O2S/c30-25-21(35-28(38)20-7-4-12-32-27(20)37)8-3-9-22(25)39-24-17-33-23(16-34-24)36-13-10-29(11-14-36)15-18-5-1-2-6-19(18)26(29)31/h1-9,12,16-17,26H,10-11,13-15,31H2,(H,32,37)(H,35,38)/t26-/m1/s1. The van der Waals surface area contributed by atoms with E-state index in [-0.39, 0.29) is 17.0 Å². The van der Waals surface area contributed by atoms with Gasteiger partial charge in [0.25, 0.3) is 11.5 Å². The minimum absolute atomic E-state index is 0.0103. The zero-order valence-corrected chi connectivity index (χ0v) is 22.6. The number of hydrogen-bond donors (Lipinski definition) is 3. The number of piperidine rings is 1. The molecule has 0 saturated carbocycles. The van der Waals surface area contributed by atoms with Crippen molar-refractivity contribution in [1.29, 1.82) is 0 Å². The van der Waals surface area contributed by atoms with Crippen LogP contribution in [-0.2, 0) is 6.42 Å². The predicted octanol–water partition coefficient (Wildman–Crippen LogP) is 5.06. The second-order valence-corrected chi connectivity index (χ2v) is 11.4. The second-order valence-electron chi connectivity index (χ2n) is 10.0. The number of nitrogens with zero attached hydrogens (tertiary/aromatic N) is 3. The highest BCUT2D eigenvalue weighted by Crippen LogP contribution is 2.50. The van der Waals surface area contributed by atoms with E-state index in [0.29, 0.717) is 20.6 Å². The van der Waals surface area contributed by atoms with Crippen LogP contribution in [0.4, 0.5) is 11.5 Å². The number of nitrogens with two attached hydrogens (primary N) is 1. The Morgan fingerprint density at radius 3 is 2.64 bits per heavy atom. The summed E-state index contributed by atoms with van der Waals surface area (Å²) in [6.07, 6.45) is 8.09. The fourth-order valence-electron chi connectivity index (χ4n) is 5.60. The number of carbonyl (C=O) groups is 1. The Morgan fingerprint density at radius 2 is 1.90 bits per heavy atom. The summed E-state index contributed by atoms with van der Waals surface area (Å²) in [6, 6.07) is 17.0. The van der Waals surface area contributed by atoms with Crippen LogP contribution in [0.1, 0.15) is 40.4 Å². The first-order valence-corrected chi connectivity index (χ1v) is 14.0. The van der Waals surface area contributed by atoms with Crippen LogP contribution in [0.25, 0.3) is 0 Å². The molecule has 2 aromatic heterocycles. The Labute approximate surface area is 235 Å². The molecule has 2 aliphatic rings. The van der Waals surface area contributed by atoms with Gasteiger partial charge in [-0.2, -0.15) is 0 Å². The van der Waals surface area contributed by atoms with E-state index in [4.69, 9.17) is 17.3 Å². The third-order valence-corrected chi connectivity index (χ3v) is 9.28. The van der Waals surface area contributed by atoms with Crippen LogP contribution in [-0.4, -0.2) is 33.9 Å². The fourth-order valence-corrected chi connectivity index (χ4v) is 6.67. The molecule has 10 heteroatoms. The van der Waals surface area contributed by atoms with Crippen molar-refractivity contribution in [3.63, 3.8) is 0 Å². The Hall–Kier alpha value is -3.66. The molecule has 1 spiro atoms. The van der Waals surface area contributed by atoms with Gasteiger partial charge in [-0.3, -0.25) is 9.59 Å². The van der Waals surface area contributed by atoms with Crippen molar-refractivity contribution in [3.8, 4) is 0 Å². The monoisotopic (exact) mass is 558 g/mol. The number of aromatic amines is 1. The number of amides is 1. The Morgan fingerprint density at radius 1 is 1.08 bits per heavy atom. The van der Waals surface area contributed by atoms with Gasteiger partial charge < -0.3 is 20.9 Å². The maximum Gasteiger partial charge on any atom is 0.261 e. The first-order valence-electron chi connectivity index (χ1n) is 12.8. The van der Waals surface area contributed by atoms with Crippen LogP contribution in [0.2, 0.25) is 5.02 Å². The molecule has 2 aromatic carbocycles. The molecule has 39 heavy (non-hydrogen) atoms. The van der Waals surface area contributed by atoms with Gasteiger partial charge in [-0.25, -0.2) is 9.97 Å². The maximum atomic E-state index is 12.6. The van der Waals surface area contributed by atoms with Crippen molar-refractivity contribution in [1.82, 2.24) is 15.0 Å². The van der Waals surface area contributed by atoms with Gasteiger partial charge in [0.1, 0.15) is 16.4 Å². The smallest absolute Gasteiger partial charge is 0.261 e. The lowest BCUT2D eigenvalue weighted by molar-refractivity contribution is 0.102. The molecule has 6 rings (SSSR count). The van der Waals surface area contributed by atoms with Crippen LogP contribution in [0.5, 0.6) is 0 Å². The normalized spacial score (nSPS) is 17.7.